The summed E-state index contributed by atoms with van der Waals surface area (Å²) in [5.74, 6) is 0.267. The zero-order chi connectivity index (χ0) is 18.7. The Bertz CT molecular complexity index is 529. The van der Waals surface area contributed by atoms with Crippen molar-refractivity contribution in [1.82, 2.24) is 10.6 Å². The maximum Gasteiger partial charge on any atom is 0.407 e. The van der Waals surface area contributed by atoms with Crippen LogP contribution in [0.2, 0.25) is 0 Å². The van der Waals surface area contributed by atoms with E-state index >= 15 is 0 Å². The molecule has 0 heterocycles. The lowest BCUT2D eigenvalue weighted by Gasteiger charge is -2.20. The number of hydrogen-bond acceptors (Lipinski definition) is 4. The molecule has 0 spiro atoms. The summed E-state index contributed by atoms with van der Waals surface area (Å²) in [6, 6.07) is 5.72. The van der Waals surface area contributed by atoms with E-state index in [4.69, 9.17) is 9.47 Å². The summed E-state index contributed by atoms with van der Waals surface area (Å²) in [6.45, 7) is 6.27. The van der Waals surface area contributed by atoms with Crippen molar-refractivity contribution in [2.45, 2.75) is 51.7 Å². The Morgan fingerprint density at radius 1 is 1.24 bits per heavy atom. The fraction of sp³-hybridized carbons (Fsp3) is 0.556. The number of nitrogens with one attached hydrogen (secondary N) is 2. The summed E-state index contributed by atoms with van der Waals surface area (Å²) in [6.07, 6.45) is 2.21. The SMILES string of the molecule is CC(C)(C)OC(=O)NCCCC(CCOc1ccc(F)cc1)NC=O. The number of hydrogen-bond donors (Lipinski definition) is 2. The molecule has 1 unspecified atom stereocenters. The minimum Gasteiger partial charge on any atom is -0.494 e. The zero-order valence-corrected chi connectivity index (χ0v) is 15.0. The van der Waals surface area contributed by atoms with Gasteiger partial charge < -0.3 is 20.1 Å². The number of carbonyl (C=O) groups is 2. The molecule has 7 heteroatoms. The number of halogens is 1. The molecule has 1 aromatic carbocycles. The van der Waals surface area contributed by atoms with Crippen LogP contribution in [0.15, 0.2) is 24.3 Å². The van der Waals surface area contributed by atoms with Gasteiger partial charge in [-0.2, -0.15) is 0 Å². The van der Waals surface area contributed by atoms with Crippen molar-refractivity contribution < 1.29 is 23.5 Å². The predicted molar refractivity (Wildman–Crippen MR) is 93.0 cm³/mol. The van der Waals surface area contributed by atoms with Crippen LogP contribution >= 0.6 is 0 Å². The molecule has 25 heavy (non-hydrogen) atoms. The Hall–Kier alpha value is -2.31. The van der Waals surface area contributed by atoms with E-state index in [1.165, 1.54) is 12.1 Å². The Kier molecular flexibility index (Phi) is 8.74. The van der Waals surface area contributed by atoms with E-state index < -0.39 is 11.7 Å². The molecule has 0 fully saturated rings. The third kappa shape index (κ3) is 10.2. The molecule has 1 rings (SSSR count). The highest BCUT2D eigenvalue weighted by atomic mass is 19.1. The molecule has 1 atom stereocenters. The first-order chi connectivity index (χ1) is 11.8. The third-order valence-electron chi connectivity index (χ3n) is 3.25. The van der Waals surface area contributed by atoms with Crippen molar-refractivity contribution in [3.63, 3.8) is 0 Å². The molecule has 0 saturated carbocycles. The van der Waals surface area contributed by atoms with Crippen LogP contribution in [0.25, 0.3) is 0 Å². The van der Waals surface area contributed by atoms with Crippen molar-refractivity contribution in [3.05, 3.63) is 30.1 Å². The summed E-state index contributed by atoms with van der Waals surface area (Å²) in [7, 11) is 0. The number of benzene rings is 1. The van der Waals surface area contributed by atoms with Gasteiger partial charge in [-0.05, 0) is 57.9 Å². The second-order valence-electron chi connectivity index (χ2n) is 6.64. The van der Waals surface area contributed by atoms with Crippen LogP contribution in [0, 0.1) is 5.82 Å². The van der Waals surface area contributed by atoms with E-state index in [0.717, 1.165) is 0 Å². The van der Waals surface area contributed by atoms with Gasteiger partial charge in [-0.3, -0.25) is 4.79 Å². The lowest BCUT2D eigenvalue weighted by Crippen LogP contribution is -2.34. The van der Waals surface area contributed by atoms with Crippen LogP contribution in [0.5, 0.6) is 5.75 Å². The van der Waals surface area contributed by atoms with Gasteiger partial charge in [-0.25, -0.2) is 9.18 Å². The van der Waals surface area contributed by atoms with Crippen molar-refractivity contribution in [1.29, 1.82) is 0 Å². The number of amides is 2. The van der Waals surface area contributed by atoms with Gasteiger partial charge in [0, 0.05) is 19.0 Å². The second kappa shape index (κ2) is 10.5. The van der Waals surface area contributed by atoms with Crippen LogP contribution in [0.4, 0.5) is 9.18 Å². The lowest BCUT2D eigenvalue weighted by molar-refractivity contribution is -0.110. The van der Waals surface area contributed by atoms with Gasteiger partial charge >= 0.3 is 6.09 Å². The van der Waals surface area contributed by atoms with E-state index in [1.54, 1.807) is 32.9 Å². The topological polar surface area (TPSA) is 76.7 Å². The van der Waals surface area contributed by atoms with Gasteiger partial charge in [0.2, 0.25) is 6.41 Å². The van der Waals surface area contributed by atoms with Gasteiger partial charge in [0.15, 0.2) is 0 Å². The van der Waals surface area contributed by atoms with Crippen molar-refractivity contribution in [2.75, 3.05) is 13.2 Å². The van der Waals surface area contributed by atoms with Gasteiger partial charge in [0.1, 0.15) is 17.2 Å². The van der Waals surface area contributed by atoms with Gasteiger partial charge in [-0.1, -0.05) is 0 Å². The standard InChI is InChI=1S/C18H27FN2O4/c1-18(2,3)25-17(23)20-11-4-5-15(21-13-22)10-12-24-16-8-6-14(19)7-9-16/h6-9,13,15H,4-5,10-12H2,1-3H3,(H,20,23)(H,21,22). The van der Waals surface area contributed by atoms with Gasteiger partial charge in [0.25, 0.3) is 0 Å². The summed E-state index contributed by atoms with van der Waals surface area (Å²) >= 11 is 0. The smallest absolute Gasteiger partial charge is 0.407 e. The number of rotatable bonds is 10. The molecule has 0 aliphatic carbocycles. The van der Waals surface area contributed by atoms with E-state index in [-0.39, 0.29) is 11.9 Å². The summed E-state index contributed by atoms with van der Waals surface area (Å²) in [5.41, 5.74) is -0.524. The summed E-state index contributed by atoms with van der Waals surface area (Å²) < 4.78 is 23.5. The number of ether oxygens (including phenoxy) is 2. The molecular formula is C18H27FN2O4. The molecule has 0 aliphatic rings. The fourth-order valence-electron chi connectivity index (χ4n) is 2.11. The second-order valence-corrected chi connectivity index (χ2v) is 6.64. The van der Waals surface area contributed by atoms with E-state index in [1.807, 2.05) is 0 Å². The maximum absolute atomic E-state index is 12.8. The van der Waals surface area contributed by atoms with Crippen LogP contribution < -0.4 is 15.4 Å². The molecule has 2 amide bonds. The average molecular weight is 354 g/mol. The van der Waals surface area contributed by atoms with Crippen molar-refractivity contribution in [2.24, 2.45) is 0 Å². The lowest BCUT2D eigenvalue weighted by atomic mass is 10.1. The quantitative estimate of drug-likeness (QED) is 0.500. The highest BCUT2D eigenvalue weighted by molar-refractivity contribution is 5.67. The van der Waals surface area contributed by atoms with Crippen molar-refractivity contribution >= 4 is 12.5 Å². The van der Waals surface area contributed by atoms with Crippen LogP contribution in [0.1, 0.15) is 40.0 Å². The minimum absolute atomic E-state index is 0.0571. The highest BCUT2D eigenvalue weighted by Crippen LogP contribution is 2.12. The molecule has 0 radical (unpaired) electrons. The molecule has 0 aliphatic heterocycles. The molecule has 0 bridgehead atoms. The van der Waals surface area contributed by atoms with Gasteiger partial charge in [0.05, 0.1) is 6.61 Å². The van der Waals surface area contributed by atoms with Crippen LogP contribution in [0.3, 0.4) is 0 Å². The van der Waals surface area contributed by atoms with E-state index in [2.05, 4.69) is 10.6 Å². The molecular weight excluding hydrogens is 327 g/mol. The first-order valence-electron chi connectivity index (χ1n) is 8.35. The average Bonchev–Trinajstić information content (AvgIpc) is 2.51. The minimum atomic E-state index is -0.524. The van der Waals surface area contributed by atoms with Crippen molar-refractivity contribution in [3.8, 4) is 5.75 Å². The maximum atomic E-state index is 12.8. The largest absolute Gasteiger partial charge is 0.494 e. The highest BCUT2D eigenvalue weighted by Gasteiger charge is 2.15. The van der Waals surface area contributed by atoms with Crippen LogP contribution in [-0.4, -0.2) is 37.3 Å². The molecule has 0 saturated heterocycles. The zero-order valence-electron chi connectivity index (χ0n) is 15.0. The molecule has 0 aromatic heterocycles. The Morgan fingerprint density at radius 2 is 1.92 bits per heavy atom. The monoisotopic (exact) mass is 354 g/mol. The fourth-order valence-corrected chi connectivity index (χ4v) is 2.11. The Balaban J connectivity index is 2.23. The third-order valence-corrected chi connectivity index (χ3v) is 3.25. The van der Waals surface area contributed by atoms with E-state index in [9.17, 15) is 14.0 Å². The first kappa shape index (κ1) is 20.7. The number of carbonyl (C=O) groups excluding carboxylic acids is 2. The summed E-state index contributed by atoms with van der Waals surface area (Å²) in [4.78, 5) is 22.2. The molecule has 2 N–H and O–H groups in total. The number of alkyl carbamates (subject to hydrolysis) is 1. The molecule has 140 valence electrons. The summed E-state index contributed by atoms with van der Waals surface area (Å²) in [5, 5.41) is 5.42. The van der Waals surface area contributed by atoms with Crippen LogP contribution in [-0.2, 0) is 9.53 Å². The molecule has 6 nitrogen and oxygen atoms in total. The van der Waals surface area contributed by atoms with E-state index in [0.29, 0.717) is 44.6 Å². The first-order valence-corrected chi connectivity index (χ1v) is 8.35. The normalized spacial score (nSPS) is 12.2. The van der Waals surface area contributed by atoms with Gasteiger partial charge in [-0.15, -0.1) is 0 Å². The molecule has 1 aromatic rings. The Labute approximate surface area is 148 Å². The predicted octanol–water partition coefficient (Wildman–Crippen LogP) is 3.01. The Morgan fingerprint density at radius 3 is 2.52 bits per heavy atom.